The Labute approximate surface area is 191 Å². The van der Waals surface area contributed by atoms with Gasteiger partial charge < -0.3 is 15.6 Å². The molecule has 0 fully saturated rings. The molecular formula is C26H24N2O5. The van der Waals surface area contributed by atoms with E-state index in [4.69, 9.17) is 10.5 Å². The summed E-state index contributed by atoms with van der Waals surface area (Å²) in [6.07, 6.45) is -0.715. The van der Waals surface area contributed by atoms with E-state index in [-0.39, 0.29) is 24.5 Å². The second kappa shape index (κ2) is 9.16. The van der Waals surface area contributed by atoms with Gasteiger partial charge in [-0.25, -0.2) is 9.59 Å². The molecule has 0 aromatic heterocycles. The van der Waals surface area contributed by atoms with Crippen molar-refractivity contribution in [2.45, 2.75) is 18.4 Å². The molecule has 3 aromatic carbocycles. The first kappa shape index (κ1) is 22.1. The van der Waals surface area contributed by atoms with E-state index in [2.05, 4.69) is 0 Å². The second-order valence-electron chi connectivity index (χ2n) is 8.04. The summed E-state index contributed by atoms with van der Waals surface area (Å²) in [6, 6.07) is 21.2. The highest BCUT2D eigenvalue weighted by atomic mass is 16.6. The van der Waals surface area contributed by atoms with Gasteiger partial charge in [-0.2, -0.15) is 0 Å². The minimum absolute atomic E-state index is 0.0111. The van der Waals surface area contributed by atoms with Gasteiger partial charge in [0.25, 0.3) is 0 Å². The van der Waals surface area contributed by atoms with E-state index < -0.39 is 24.0 Å². The van der Waals surface area contributed by atoms with Crippen molar-refractivity contribution in [3.05, 3.63) is 95.1 Å². The van der Waals surface area contributed by atoms with E-state index in [0.717, 1.165) is 27.2 Å². The lowest BCUT2D eigenvalue weighted by molar-refractivity contribution is -0.142. The van der Waals surface area contributed by atoms with Gasteiger partial charge in [-0.15, -0.1) is 0 Å². The van der Waals surface area contributed by atoms with Crippen molar-refractivity contribution < 1.29 is 24.2 Å². The highest BCUT2D eigenvalue weighted by Crippen LogP contribution is 2.44. The molecule has 0 radical (unpaired) electrons. The Kier molecular flexibility index (Phi) is 6.13. The first-order valence-electron chi connectivity index (χ1n) is 10.6. The maximum absolute atomic E-state index is 12.8. The number of likely N-dealkylation sites (N-methyl/N-ethyl adjacent to an activating group) is 1. The van der Waals surface area contributed by atoms with Crippen molar-refractivity contribution in [2.24, 2.45) is 5.73 Å². The van der Waals surface area contributed by atoms with Crippen molar-refractivity contribution in [1.82, 2.24) is 4.90 Å². The Bertz CT molecular complexity index is 1180. The van der Waals surface area contributed by atoms with Crippen LogP contribution in [0.2, 0.25) is 0 Å². The Hall–Kier alpha value is -4.13. The molecule has 1 aliphatic carbocycles. The smallest absolute Gasteiger partial charge is 0.410 e. The standard InChI is InChI=1S/C26H24N2O5/c1-28(23(25(30)31)14-16-7-6-8-17(13-16)24(27)29)26(32)33-15-22-20-11-4-2-9-18(20)19-10-3-5-12-21(19)22/h2-13,22-23H,14-15H2,1H3,(H2,27,29)(H,30,31)/t23-/m1/s1. The van der Waals surface area contributed by atoms with Gasteiger partial charge in [0.15, 0.2) is 0 Å². The fourth-order valence-electron chi connectivity index (χ4n) is 4.29. The van der Waals surface area contributed by atoms with Gasteiger partial charge >= 0.3 is 12.1 Å². The van der Waals surface area contributed by atoms with Gasteiger partial charge in [-0.1, -0.05) is 60.7 Å². The summed E-state index contributed by atoms with van der Waals surface area (Å²) < 4.78 is 5.58. The van der Waals surface area contributed by atoms with E-state index in [9.17, 15) is 19.5 Å². The van der Waals surface area contributed by atoms with Crippen LogP contribution < -0.4 is 5.73 Å². The highest BCUT2D eigenvalue weighted by molar-refractivity contribution is 5.93. The first-order chi connectivity index (χ1) is 15.9. The van der Waals surface area contributed by atoms with Crippen molar-refractivity contribution >= 4 is 18.0 Å². The number of hydrogen-bond acceptors (Lipinski definition) is 4. The number of carbonyl (C=O) groups excluding carboxylic acids is 2. The highest BCUT2D eigenvalue weighted by Gasteiger charge is 2.32. The molecule has 1 atom stereocenters. The summed E-state index contributed by atoms with van der Waals surface area (Å²) >= 11 is 0. The Balaban J connectivity index is 1.48. The van der Waals surface area contributed by atoms with Crippen LogP contribution in [0.3, 0.4) is 0 Å². The average molecular weight is 444 g/mol. The third-order valence-electron chi connectivity index (χ3n) is 6.02. The lowest BCUT2D eigenvalue weighted by Crippen LogP contribution is -2.44. The van der Waals surface area contributed by atoms with Crippen LogP contribution in [0, 0.1) is 0 Å². The molecule has 0 saturated carbocycles. The quantitative estimate of drug-likeness (QED) is 0.578. The zero-order valence-corrected chi connectivity index (χ0v) is 18.1. The minimum atomic E-state index is -1.17. The molecule has 0 saturated heterocycles. The van der Waals surface area contributed by atoms with Crippen LogP contribution in [0.5, 0.6) is 0 Å². The molecule has 0 aliphatic heterocycles. The third kappa shape index (κ3) is 4.43. The molecule has 0 bridgehead atoms. The summed E-state index contributed by atoms with van der Waals surface area (Å²) in [7, 11) is 1.40. The third-order valence-corrected chi connectivity index (χ3v) is 6.02. The van der Waals surface area contributed by atoms with Gasteiger partial charge in [0, 0.05) is 24.9 Å². The number of nitrogens with zero attached hydrogens (tertiary/aromatic N) is 1. The van der Waals surface area contributed by atoms with Crippen LogP contribution in [0.1, 0.15) is 33.0 Å². The van der Waals surface area contributed by atoms with Gasteiger partial charge in [-0.05, 0) is 39.9 Å². The average Bonchev–Trinajstić information content (AvgIpc) is 3.14. The number of ether oxygens (including phenoxy) is 1. The number of rotatable bonds is 7. The number of carbonyl (C=O) groups is 3. The zero-order chi connectivity index (χ0) is 23.5. The van der Waals surface area contributed by atoms with Crippen molar-refractivity contribution in [1.29, 1.82) is 0 Å². The van der Waals surface area contributed by atoms with E-state index in [1.165, 1.54) is 13.1 Å². The van der Waals surface area contributed by atoms with Crippen LogP contribution in [-0.2, 0) is 16.0 Å². The number of fused-ring (bicyclic) bond motifs is 3. The van der Waals surface area contributed by atoms with E-state index in [1.807, 2.05) is 48.5 Å². The first-order valence-corrected chi connectivity index (χ1v) is 10.6. The molecule has 3 N–H and O–H groups in total. The number of aliphatic carboxylic acids is 1. The maximum atomic E-state index is 12.8. The molecule has 168 valence electrons. The molecule has 0 unspecified atom stereocenters. The van der Waals surface area contributed by atoms with Crippen molar-refractivity contribution in [2.75, 3.05) is 13.7 Å². The molecule has 7 nitrogen and oxygen atoms in total. The number of carboxylic acids is 1. The molecule has 2 amide bonds. The summed E-state index contributed by atoms with van der Waals surface area (Å²) in [5, 5.41) is 9.73. The SMILES string of the molecule is CN(C(=O)OCC1c2ccccc2-c2ccccc21)[C@H](Cc1cccc(C(N)=O)c1)C(=O)O. The largest absolute Gasteiger partial charge is 0.480 e. The number of amides is 2. The fourth-order valence-corrected chi connectivity index (χ4v) is 4.29. The van der Waals surface area contributed by atoms with E-state index >= 15 is 0 Å². The van der Waals surface area contributed by atoms with Crippen LogP contribution in [0.15, 0.2) is 72.8 Å². The molecular weight excluding hydrogens is 420 g/mol. The van der Waals surface area contributed by atoms with Crippen LogP contribution in [-0.4, -0.2) is 47.7 Å². The molecule has 7 heteroatoms. The molecule has 0 spiro atoms. The monoisotopic (exact) mass is 444 g/mol. The summed E-state index contributed by atoms with van der Waals surface area (Å²) in [5.41, 5.74) is 10.5. The molecule has 3 aromatic rings. The van der Waals surface area contributed by atoms with Gasteiger partial charge in [-0.3, -0.25) is 9.69 Å². The summed E-state index contributed by atoms with van der Waals surface area (Å²) in [5.74, 6) is -1.89. The molecule has 1 aliphatic rings. The van der Waals surface area contributed by atoms with Crippen LogP contribution >= 0.6 is 0 Å². The van der Waals surface area contributed by atoms with Crippen LogP contribution in [0.25, 0.3) is 11.1 Å². The van der Waals surface area contributed by atoms with Crippen molar-refractivity contribution in [3.63, 3.8) is 0 Å². The Morgan fingerprint density at radius 2 is 1.58 bits per heavy atom. The number of hydrogen-bond donors (Lipinski definition) is 2. The summed E-state index contributed by atoms with van der Waals surface area (Å²) in [6.45, 7) is 0.0979. The van der Waals surface area contributed by atoms with Gasteiger partial charge in [0.1, 0.15) is 12.6 Å². The predicted molar refractivity (Wildman–Crippen MR) is 123 cm³/mol. The van der Waals surface area contributed by atoms with E-state index in [0.29, 0.717) is 5.56 Å². The van der Waals surface area contributed by atoms with Gasteiger partial charge in [0.2, 0.25) is 5.91 Å². The lowest BCUT2D eigenvalue weighted by atomic mass is 9.98. The van der Waals surface area contributed by atoms with Gasteiger partial charge in [0.05, 0.1) is 0 Å². The topological polar surface area (TPSA) is 110 Å². The number of benzene rings is 3. The lowest BCUT2D eigenvalue weighted by Gasteiger charge is -2.25. The number of primary amides is 1. The fraction of sp³-hybridized carbons (Fsp3) is 0.192. The zero-order valence-electron chi connectivity index (χ0n) is 18.1. The second-order valence-corrected chi connectivity index (χ2v) is 8.04. The molecule has 0 heterocycles. The summed E-state index contributed by atoms with van der Waals surface area (Å²) in [4.78, 5) is 37.2. The predicted octanol–water partition coefficient (Wildman–Crippen LogP) is 3.66. The maximum Gasteiger partial charge on any atom is 0.410 e. The minimum Gasteiger partial charge on any atom is -0.480 e. The Morgan fingerprint density at radius 1 is 0.970 bits per heavy atom. The number of carboxylic acid groups (broad SMARTS) is 1. The number of nitrogens with two attached hydrogens (primary N) is 1. The van der Waals surface area contributed by atoms with E-state index in [1.54, 1.807) is 18.2 Å². The Morgan fingerprint density at radius 3 is 2.15 bits per heavy atom. The van der Waals surface area contributed by atoms with Crippen LogP contribution in [0.4, 0.5) is 4.79 Å². The normalized spacial score (nSPS) is 13.0. The molecule has 33 heavy (non-hydrogen) atoms. The van der Waals surface area contributed by atoms with Crippen molar-refractivity contribution in [3.8, 4) is 11.1 Å². The molecule has 4 rings (SSSR count).